The molecule has 3 aromatic rings. The molecule has 0 aliphatic carbocycles. The van der Waals surface area contributed by atoms with E-state index in [0.717, 1.165) is 37.6 Å². The zero-order valence-electron chi connectivity index (χ0n) is 22.4. The van der Waals surface area contributed by atoms with Gasteiger partial charge >= 0.3 is 6.18 Å². The van der Waals surface area contributed by atoms with Gasteiger partial charge in [0.05, 0.1) is 39.2 Å². The van der Waals surface area contributed by atoms with Gasteiger partial charge in [0.2, 0.25) is 0 Å². The van der Waals surface area contributed by atoms with Crippen molar-refractivity contribution in [3.63, 3.8) is 0 Å². The van der Waals surface area contributed by atoms with Crippen molar-refractivity contribution in [3.8, 4) is 5.75 Å². The summed E-state index contributed by atoms with van der Waals surface area (Å²) in [6, 6.07) is 9.72. The van der Waals surface area contributed by atoms with Crippen molar-refractivity contribution in [3.05, 3.63) is 92.7 Å². The summed E-state index contributed by atoms with van der Waals surface area (Å²) >= 11 is 12.3. The Bertz CT molecular complexity index is 1670. The van der Waals surface area contributed by atoms with Gasteiger partial charge in [0, 0.05) is 37.9 Å². The Balaban J connectivity index is 1.73. The van der Waals surface area contributed by atoms with E-state index in [9.17, 15) is 35.6 Å². The van der Waals surface area contributed by atoms with E-state index in [-0.39, 0.29) is 33.6 Å². The Kier molecular flexibility index (Phi) is 8.82. The molecule has 14 heteroatoms. The number of likely N-dealkylation sites (N-methyl/N-ethyl adjacent to an activating group) is 1. The molecule has 1 saturated heterocycles. The lowest BCUT2D eigenvalue weighted by molar-refractivity contribution is -0.138. The van der Waals surface area contributed by atoms with Crippen molar-refractivity contribution in [2.24, 2.45) is 0 Å². The molecule has 4 rings (SSSR count). The highest BCUT2D eigenvalue weighted by Crippen LogP contribution is 2.38. The number of ether oxygens (including phenoxy) is 1. The number of carbonyl (C=O) groups is 2. The van der Waals surface area contributed by atoms with Gasteiger partial charge in [-0.3, -0.25) is 9.59 Å². The number of hydrogen-bond acceptors (Lipinski definition) is 5. The van der Waals surface area contributed by atoms with Gasteiger partial charge in [0.25, 0.3) is 11.8 Å². The maximum Gasteiger partial charge on any atom is 0.419 e. The van der Waals surface area contributed by atoms with Crippen molar-refractivity contribution in [1.29, 1.82) is 0 Å². The molecule has 1 heterocycles. The highest BCUT2D eigenvalue weighted by atomic mass is 35.5. The first kappa shape index (κ1) is 31.6. The van der Waals surface area contributed by atoms with E-state index < -0.39 is 62.5 Å². The molecule has 0 bridgehead atoms. The fourth-order valence-electron chi connectivity index (χ4n) is 4.90. The third-order valence-electron chi connectivity index (χ3n) is 7.11. The number of amides is 2. The average Bonchev–Trinajstić information content (AvgIpc) is 3.37. The number of hydrogen-bond donors (Lipinski definition) is 0. The summed E-state index contributed by atoms with van der Waals surface area (Å²) in [5.74, 6) is -3.59. The second-order valence-electron chi connectivity index (χ2n) is 9.80. The van der Waals surface area contributed by atoms with Gasteiger partial charge < -0.3 is 14.5 Å². The molecule has 1 fully saturated rings. The smallest absolute Gasteiger partial charge is 0.419 e. The van der Waals surface area contributed by atoms with Crippen LogP contribution >= 0.6 is 23.2 Å². The Morgan fingerprint density at radius 3 is 2.29 bits per heavy atom. The predicted molar refractivity (Wildman–Crippen MR) is 148 cm³/mol. The lowest BCUT2D eigenvalue weighted by Gasteiger charge is -2.29. The molecule has 3 aromatic carbocycles. The first-order chi connectivity index (χ1) is 19.5. The predicted octanol–water partition coefficient (Wildman–Crippen LogP) is 5.94. The van der Waals surface area contributed by atoms with Crippen LogP contribution in [0.3, 0.4) is 0 Å². The number of alkyl halides is 3. The molecule has 0 aromatic heterocycles. The molecule has 0 radical (unpaired) electrons. The molecule has 7 nitrogen and oxygen atoms in total. The largest absolute Gasteiger partial charge is 0.496 e. The van der Waals surface area contributed by atoms with Crippen molar-refractivity contribution in [2.75, 3.05) is 33.5 Å². The van der Waals surface area contributed by atoms with Crippen LogP contribution in [0.4, 0.5) is 17.6 Å². The SMILES string of the molecule is COc1ccc(C(=O)N(C)[C@@H]2CN(C(=O)c3cc(S(C)(=O)=O)ccc3F)CC2c2ccc(Cl)c(Cl)c2)cc1C(F)(F)F. The van der Waals surface area contributed by atoms with Crippen LogP contribution in [0.1, 0.15) is 37.8 Å². The van der Waals surface area contributed by atoms with Crippen molar-refractivity contribution in [2.45, 2.75) is 23.0 Å². The third kappa shape index (κ3) is 6.35. The first-order valence-electron chi connectivity index (χ1n) is 12.3. The Morgan fingerprint density at radius 2 is 1.69 bits per heavy atom. The van der Waals surface area contributed by atoms with Crippen LogP contribution in [-0.4, -0.2) is 69.6 Å². The molecule has 1 unspecified atom stereocenters. The Labute approximate surface area is 249 Å². The molecule has 42 heavy (non-hydrogen) atoms. The topological polar surface area (TPSA) is 84.0 Å². The summed E-state index contributed by atoms with van der Waals surface area (Å²) in [6.45, 7) is -0.186. The van der Waals surface area contributed by atoms with E-state index in [1.807, 2.05) is 0 Å². The summed E-state index contributed by atoms with van der Waals surface area (Å²) in [4.78, 5) is 29.2. The minimum atomic E-state index is -4.79. The highest BCUT2D eigenvalue weighted by Gasteiger charge is 2.42. The Morgan fingerprint density at radius 1 is 1.00 bits per heavy atom. The van der Waals surface area contributed by atoms with Crippen molar-refractivity contribution < 1.29 is 40.3 Å². The lowest BCUT2D eigenvalue weighted by atomic mass is 9.93. The van der Waals surface area contributed by atoms with E-state index in [4.69, 9.17) is 27.9 Å². The number of sulfone groups is 1. The molecule has 1 aliphatic rings. The zero-order chi connectivity index (χ0) is 31.1. The van der Waals surface area contributed by atoms with Gasteiger partial charge in [-0.25, -0.2) is 12.8 Å². The summed E-state index contributed by atoms with van der Waals surface area (Å²) in [6.07, 6.45) is -3.87. The molecule has 0 spiro atoms. The maximum atomic E-state index is 14.7. The maximum absolute atomic E-state index is 14.7. The van der Waals surface area contributed by atoms with Crippen LogP contribution in [0.5, 0.6) is 5.75 Å². The number of halogens is 6. The van der Waals surface area contributed by atoms with Gasteiger partial charge in [-0.2, -0.15) is 13.2 Å². The first-order valence-corrected chi connectivity index (χ1v) is 14.9. The average molecular weight is 647 g/mol. The second kappa shape index (κ2) is 11.7. The molecule has 1 aliphatic heterocycles. The van der Waals surface area contributed by atoms with E-state index in [1.54, 1.807) is 12.1 Å². The van der Waals surface area contributed by atoms with Gasteiger partial charge in [0.15, 0.2) is 9.84 Å². The number of rotatable bonds is 6. The summed E-state index contributed by atoms with van der Waals surface area (Å²) < 4.78 is 84.5. The van der Waals surface area contributed by atoms with Crippen LogP contribution in [0.2, 0.25) is 10.0 Å². The van der Waals surface area contributed by atoms with Crippen LogP contribution < -0.4 is 4.74 Å². The summed E-state index contributed by atoms with van der Waals surface area (Å²) in [7, 11) is -1.29. The van der Waals surface area contributed by atoms with Gasteiger partial charge in [-0.1, -0.05) is 29.3 Å². The molecule has 0 N–H and O–H groups in total. The van der Waals surface area contributed by atoms with E-state index >= 15 is 0 Å². The minimum absolute atomic E-state index is 0.0436. The second-order valence-corrected chi connectivity index (χ2v) is 12.6. The van der Waals surface area contributed by atoms with Gasteiger partial charge in [0.1, 0.15) is 11.6 Å². The molecule has 2 atom stereocenters. The molecule has 2 amide bonds. The number of benzene rings is 3. The monoisotopic (exact) mass is 646 g/mol. The zero-order valence-corrected chi connectivity index (χ0v) is 24.7. The molecule has 0 saturated carbocycles. The highest BCUT2D eigenvalue weighted by molar-refractivity contribution is 7.90. The van der Waals surface area contributed by atoms with Crippen LogP contribution in [-0.2, 0) is 16.0 Å². The fraction of sp³-hybridized carbons (Fsp3) is 0.286. The van der Waals surface area contributed by atoms with Gasteiger partial charge in [-0.15, -0.1) is 0 Å². The number of nitrogens with zero attached hydrogens (tertiary/aromatic N) is 2. The Hall–Kier alpha value is -3.35. The van der Waals surface area contributed by atoms with Crippen molar-refractivity contribution >= 4 is 44.9 Å². The summed E-state index contributed by atoms with van der Waals surface area (Å²) in [5, 5.41) is 0.452. The standard InChI is InChI=1S/C28H24Cl2F4N2O5S/c1-35(26(37)16-5-9-25(41-2)20(10-16)28(32,33)34)24-14-36(13-19(24)15-4-7-21(29)22(30)11-15)27(38)18-12-17(42(3,39)40)6-8-23(18)31/h4-12,19,24H,13-14H2,1-3H3/t19?,24-/m1/s1. The lowest BCUT2D eigenvalue weighted by Crippen LogP contribution is -2.42. The molecular weight excluding hydrogens is 623 g/mol. The van der Waals surface area contributed by atoms with Crippen LogP contribution in [0, 0.1) is 5.82 Å². The van der Waals surface area contributed by atoms with E-state index in [2.05, 4.69) is 0 Å². The van der Waals surface area contributed by atoms with Gasteiger partial charge in [-0.05, 0) is 54.1 Å². The minimum Gasteiger partial charge on any atom is -0.496 e. The summed E-state index contributed by atoms with van der Waals surface area (Å²) in [5.41, 5.74) is -1.31. The van der Waals surface area contributed by atoms with Crippen molar-refractivity contribution in [1.82, 2.24) is 9.80 Å². The molecular formula is C28H24Cl2F4N2O5S. The third-order valence-corrected chi connectivity index (χ3v) is 8.96. The fourth-order valence-corrected chi connectivity index (χ4v) is 5.86. The number of methoxy groups -OCH3 is 1. The van der Waals surface area contributed by atoms with E-state index in [1.165, 1.54) is 29.0 Å². The van der Waals surface area contributed by atoms with Crippen LogP contribution in [0.25, 0.3) is 0 Å². The van der Waals surface area contributed by atoms with Crippen LogP contribution in [0.15, 0.2) is 59.5 Å². The normalized spacial score (nSPS) is 17.3. The van der Waals surface area contributed by atoms with E-state index in [0.29, 0.717) is 11.6 Å². The molecule has 224 valence electrons. The number of carbonyl (C=O) groups excluding carboxylic acids is 2. The quantitative estimate of drug-likeness (QED) is 0.244. The number of likely N-dealkylation sites (tertiary alicyclic amines) is 1.